The van der Waals surface area contributed by atoms with Crippen LogP contribution >= 0.6 is 23.2 Å². The van der Waals surface area contributed by atoms with E-state index in [4.69, 9.17) is 32.7 Å². The van der Waals surface area contributed by atoms with Gasteiger partial charge in [0.2, 0.25) is 0 Å². The van der Waals surface area contributed by atoms with E-state index in [9.17, 15) is 10.1 Å². The lowest BCUT2D eigenvalue weighted by Gasteiger charge is -2.12. The minimum Gasteiger partial charge on any atom is -0.493 e. The van der Waals surface area contributed by atoms with Crippen LogP contribution in [0.15, 0.2) is 42.0 Å². The van der Waals surface area contributed by atoms with E-state index < -0.39 is 5.91 Å². The van der Waals surface area contributed by atoms with Crippen molar-refractivity contribution < 1.29 is 14.3 Å². The maximum absolute atomic E-state index is 12.5. The van der Waals surface area contributed by atoms with Crippen LogP contribution < -0.4 is 14.8 Å². The molecule has 152 valence electrons. The van der Waals surface area contributed by atoms with Gasteiger partial charge in [0.15, 0.2) is 11.5 Å². The number of nitrogens with zero attached hydrogens (tertiary/aromatic N) is 1. The summed E-state index contributed by atoms with van der Waals surface area (Å²) in [6, 6.07) is 11.8. The Kier molecular flexibility index (Phi) is 8.38. The second kappa shape index (κ2) is 10.8. The smallest absolute Gasteiger partial charge is 0.266 e. The van der Waals surface area contributed by atoms with Gasteiger partial charge in [-0.2, -0.15) is 5.26 Å². The Morgan fingerprint density at radius 2 is 1.97 bits per heavy atom. The molecule has 0 aliphatic rings. The molecule has 0 spiro atoms. The molecule has 29 heavy (non-hydrogen) atoms. The summed E-state index contributed by atoms with van der Waals surface area (Å²) in [5.74, 6) is 1.10. The third kappa shape index (κ3) is 6.70. The summed E-state index contributed by atoms with van der Waals surface area (Å²) in [6.45, 7) is 4.83. The number of halogens is 2. The fourth-order valence-electron chi connectivity index (χ4n) is 2.39. The molecule has 2 rings (SSSR count). The van der Waals surface area contributed by atoms with E-state index in [0.717, 1.165) is 6.42 Å². The molecule has 2 aromatic rings. The number of rotatable bonds is 8. The number of hydrogen-bond acceptors (Lipinski definition) is 4. The SMILES string of the molecule is COc1cc(/C=C(\C#N)C(=O)Nc2ccc(Cl)cc2Cl)ccc1OCCC(C)C. The number of methoxy groups -OCH3 is 1. The topological polar surface area (TPSA) is 71.3 Å². The van der Waals surface area contributed by atoms with Crippen LogP contribution in [0.3, 0.4) is 0 Å². The van der Waals surface area contributed by atoms with E-state index in [0.29, 0.717) is 40.3 Å². The van der Waals surface area contributed by atoms with Gasteiger partial charge in [-0.25, -0.2) is 0 Å². The average molecular weight is 433 g/mol. The Morgan fingerprint density at radius 3 is 2.59 bits per heavy atom. The van der Waals surface area contributed by atoms with Gasteiger partial charge in [-0.05, 0) is 54.3 Å². The molecular weight excluding hydrogens is 411 g/mol. The monoisotopic (exact) mass is 432 g/mol. The molecule has 1 amide bonds. The van der Waals surface area contributed by atoms with Crippen LogP contribution in [0.4, 0.5) is 5.69 Å². The summed E-state index contributed by atoms with van der Waals surface area (Å²) >= 11 is 11.9. The van der Waals surface area contributed by atoms with Crippen molar-refractivity contribution in [1.29, 1.82) is 5.26 Å². The number of benzene rings is 2. The van der Waals surface area contributed by atoms with E-state index in [1.54, 1.807) is 37.4 Å². The summed E-state index contributed by atoms with van der Waals surface area (Å²) in [4.78, 5) is 12.5. The summed E-state index contributed by atoms with van der Waals surface area (Å²) in [7, 11) is 1.54. The van der Waals surface area contributed by atoms with Crippen molar-refractivity contribution in [3.8, 4) is 17.6 Å². The first-order valence-corrected chi connectivity index (χ1v) is 9.78. The molecule has 1 N–H and O–H groups in total. The Labute approximate surface area is 180 Å². The second-order valence-corrected chi connectivity index (χ2v) is 7.53. The molecule has 0 aliphatic carbocycles. The molecule has 5 nitrogen and oxygen atoms in total. The Hall–Kier alpha value is -2.68. The minimum atomic E-state index is -0.576. The first-order valence-electron chi connectivity index (χ1n) is 9.03. The van der Waals surface area contributed by atoms with Crippen LogP contribution in [-0.4, -0.2) is 19.6 Å². The van der Waals surface area contributed by atoms with Gasteiger partial charge in [0.05, 0.1) is 24.4 Å². The zero-order chi connectivity index (χ0) is 21.4. The molecule has 0 saturated heterocycles. The highest BCUT2D eigenvalue weighted by molar-refractivity contribution is 6.36. The number of hydrogen-bond donors (Lipinski definition) is 1. The van der Waals surface area contributed by atoms with Gasteiger partial charge in [0.1, 0.15) is 11.6 Å². The van der Waals surface area contributed by atoms with E-state index >= 15 is 0 Å². The number of carbonyl (C=O) groups is 1. The van der Waals surface area contributed by atoms with Crippen molar-refractivity contribution in [3.63, 3.8) is 0 Å². The number of anilines is 1. The standard InChI is InChI=1S/C22H22Cl2N2O3/c1-14(2)8-9-29-20-7-4-15(11-21(20)28-3)10-16(13-25)22(27)26-19-6-5-17(23)12-18(19)24/h4-7,10-12,14H,8-9H2,1-3H3,(H,26,27)/b16-10+. The number of carbonyl (C=O) groups excluding carboxylic acids is 1. The maximum Gasteiger partial charge on any atom is 0.266 e. The first kappa shape index (κ1) is 22.6. The molecule has 0 unspecified atom stereocenters. The molecule has 0 bridgehead atoms. The van der Waals surface area contributed by atoms with Gasteiger partial charge < -0.3 is 14.8 Å². The number of amides is 1. The fraction of sp³-hybridized carbons (Fsp3) is 0.273. The lowest BCUT2D eigenvalue weighted by molar-refractivity contribution is -0.112. The first-order chi connectivity index (χ1) is 13.8. The molecule has 0 fully saturated rings. The molecule has 0 aromatic heterocycles. The molecule has 0 saturated carbocycles. The summed E-state index contributed by atoms with van der Waals surface area (Å²) in [6.07, 6.45) is 2.40. The normalized spacial score (nSPS) is 11.1. The number of nitrogens with one attached hydrogen (secondary N) is 1. The summed E-state index contributed by atoms with van der Waals surface area (Å²) in [5.41, 5.74) is 0.923. The van der Waals surface area contributed by atoms with Crippen LogP contribution in [0.2, 0.25) is 10.0 Å². The Bertz CT molecular complexity index is 950. The van der Waals surface area contributed by atoms with E-state index in [1.165, 1.54) is 12.1 Å². The van der Waals surface area contributed by atoms with Crippen LogP contribution in [0.25, 0.3) is 6.08 Å². The van der Waals surface area contributed by atoms with E-state index in [-0.39, 0.29) is 10.6 Å². The third-order valence-electron chi connectivity index (χ3n) is 4.00. The minimum absolute atomic E-state index is 0.0773. The fourth-order valence-corrected chi connectivity index (χ4v) is 2.85. The predicted octanol–water partition coefficient (Wildman–Crippen LogP) is 5.97. The largest absolute Gasteiger partial charge is 0.493 e. The lowest BCUT2D eigenvalue weighted by Crippen LogP contribution is -2.13. The van der Waals surface area contributed by atoms with Gasteiger partial charge in [-0.15, -0.1) is 0 Å². The molecule has 0 heterocycles. The van der Waals surface area contributed by atoms with Crippen LogP contribution in [0.5, 0.6) is 11.5 Å². The molecular formula is C22H22Cl2N2O3. The van der Waals surface area contributed by atoms with Gasteiger partial charge in [0.25, 0.3) is 5.91 Å². The summed E-state index contributed by atoms with van der Waals surface area (Å²) in [5, 5.41) is 12.8. The molecule has 0 aliphatic heterocycles. The highest BCUT2D eigenvalue weighted by Gasteiger charge is 2.13. The highest BCUT2D eigenvalue weighted by Crippen LogP contribution is 2.30. The highest BCUT2D eigenvalue weighted by atomic mass is 35.5. The van der Waals surface area contributed by atoms with Crippen molar-refractivity contribution in [2.24, 2.45) is 5.92 Å². The van der Waals surface area contributed by atoms with Gasteiger partial charge >= 0.3 is 0 Å². The van der Waals surface area contributed by atoms with Crippen molar-refractivity contribution in [1.82, 2.24) is 0 Å². The van der Waals surface area contributed by atoms with Gasteiger partial charge in [0, 0.05) is 5.02 Å². The van der Waals surface area contributed by atoms with Gasteiger partial charge in [-0.1, -0.05) is 43.1 Å². The zero-order valence-corrected chi connectivity index (χ0v) is 18.0. The van der Waals surface area contributed by atoms with Crippen molar-refractivity contribution in [3.05, 3.63) is 57.6 Å². The average Bonchev–Trinajstić information content (AvgIpc) is 2.68. The summed E-state index contributed by atoms with van der Waals surface area (Å²) < 4.78 is 11.1. The molecule has 2 aromatic carbocycles. The quantitative estimate of drug-likeness (QED) is 0.411. The maximum atomic E-state index is 12.5. The number of nitriles is 1. The Morgan fingerprint density at radius 1 is 1.21 bits per heavy atom. The second-order valence-electron chi connectivity index (χ2n) is 6.69. The van der Waals surface area contributed by atoms with Crippen LogP contribution in [-0.2, 0) is 4.79 Å². The predicted molar refractivity (Wildman–Crippen MR) is 117 cm³/mol. The zero-order valence-electron chi connectivity index (χ0n) is 16.5. The van der Waals surface area contributed by atoms with E-state index in [2.05, 4.69) is 19.2 Å². The van der Waals surface area contributed by atoms with Crippen LogP contribution in [0, 0.1) is 17.2 Å². The molecule has 0 atom stereocenters. The third-order valence-corrected chi connectivity index (χ3v) is 4.54. The van der Waals surface area contributed by atoms with E-state index in [1.807, 2.05) is 6.07 Å². The lowest BCUT2D eigenvalue weighted by atomic mass is 10.1. The van der Waals surface area contributed by atoms with Crippen molar-refractivity contribution in [2.75, 3.05) is 19.0 Å². The Balaban J connectivity index is 2.18. The molecule has 0 radical (unpaired) electrons. The number of ether oxygens (including phenoxy) is 2. The van der Waals surface area contributed by atoms with Crippen molar-refractivity contribution >= 4 is 40.9 Å². The molecule has 7 heteroatoms. The van der Waals surface area contributed by atoms with Crippen LogP contribution in [0.1, 0.15) is 25.8 Å². The van der Waals surface area contributed by atoms with Gasteiger partial charge in [-0.3, -0.25) is 4.79 Å². The van der Waals surface area contributed by atoms with Crippen molar-refractivity contribution in [2.45, 2.75) is 20.3 Å².